The van der Waals surface area contributed by atoms with Gasteiger partial charge >= 0.3 is 6.01 Å². The molecular weight excluding hydrogens is 562 g/mol. The number of terminal acetylenes is 1. The molecule has 6 heterocycles. The number of rotatable bonds is 5. The predicted octanol–water partition coefficient (Wildman–Crippen LogP) is 4.92. The highest BCUT2D eigenvalue weighted by molar-refractivity contribution is 6.03. The van der Waals surface area contributed by atoms with Crippen LogP contribution in [0.2, 0.25) is 0 Å². The second-order valence-electron chi connectivity index (χ2n) is 12.7. The van der Waals surface area contributed by atoms with Gasteiger partial charge in [-0.05, 0) is 62.2 Å². The summed E-state index contributed by atoms with van der Waals surface area (Å²) in [5, 5.41) is 15.4. The minimum atomic E-state index is -0.719. The summed E-state index contributed by atoms with van der Waals surface area (Å²) in [5.41, 5.74) is 1.15. The van der Waals surface area contributed by atoms with E-state index in [1.807, 2.05) is 0 Å². The van der Waals surface area contributed by atoms with E-state index in [-0.39, 0.29) is 39.6 Å². The Bertz CT molecular complexity index is 1900. The number of hydrogen-bond donors (Lipinski definition) is 2. The zero-order valence-corrected chi connectivity index (χ0v) is 24.2. The van der Waals surface area contributed by atoms with Gasteiger partial charge in [0.05, 0.1) is 16.5 Å². The van der Waals surface area contributed by atoms with Crippen molar-refractivity contribution in [3.63, 3.8) is 0 Å². The van der Waals surface area contributed by atoms with Crippen LogP contribution in [0.1, 0.15) is 37.7 Å². The number of nitrogens with zero attached hydrogens (tertiary/aromatic N) is 5. The Labute approximate surface area is 253 Å². The van der Waals surface area contributed by atoms with E-state index in [0.717, 1.165) is 58.3 Å². The molecule has 4 aliphatic heterocycles. The number of benzene rings is 2. The van der Waals surface area contributed by atoms with Crippen LogP contribution in [0.25, 0.3) is 32.9 Å². The lowest BCUT2D eigenvalue weighted by atomic mass is 9.94. The Balaban J connectivity index is 1.28. The molecule has 0 unspecified atom stereocenters. The summed E-state index contributed by atoms with van der Waals surface area (Å²) in [6.45, 7) is 7.91. The van der Waals surface area contributed by atoms with Gasteiger partial charge < -0.3 is 20.1 Å². The average Bonchev–Trinajstić information content (AvgIpc) is 3.66. The van der Waals surface area contributed by atoms with Gasteiger partial charge in [-0.15, -0.1) is 6.42 Å². The Kier molecular flexibility index (Phi) is 6.26. The molecule has 4 fully saturated rings. The smallest absolute Gasteiger partial charge is 0.319 e. The third-order valence-electron chi connectivity index (χ3n) is 9.82. The lowest BCUT2D eigenvalue weighted by molar-refractivity contribution is 0.108. The number of nitrogens with one attached hydrogen (secondary N) is 1. The van der Waals surface area contributed by atoms with Crippen molar-refractivity contribution < 1.29 is 18.6 Å². The highest BCUT2D eigenvalue weighted by Crippen LogP contribution is 2.42. The van der Waals surface area contributed by atoms with Crippen molar-refractivity contribution in [2.75, 3.05) is 37.7 Å². The number of aromatic nitrogens is 3. The third kappa shape index (κ3) is 4.29. The maximum atomic E-state index is 16.8. The topological polar surface area (TPSA) is 86.6 Å². The number of ether oxygens (including phenoxy) is 1. The maximum absolute atomic E-state index is 16.8. The van der Waals surface area contributed by atoms with Gasteiger partial charge in [-0.25, -0.2) is 8.78 Å². The van der Waals surface area contributed by atoms with Gasteiger partial charge in [0, 0.05) is 48.9 Å². The molecule has 2 aromatic carbocycles. The molecule has 0 radical (unpaired) electrons. The molecule has 2 N–H and O–H groups in total. The van der Waals surface area contributed by atoms with E-state index in [2.05, 4.69) is 37.6 Å². The molecule has 4 aromatic rings. The largest absolute Gasteiger partial charge is 0.508 e. The molecule has 4 saturated heterocycles. The van der Waals surface area contributed by atoms with E-state index in [0.29, 0.717) is 40.7 Å². The van der Waals surface area contributed by atoms with Crippen molar-refractivity contribution >= 4 is 27.5 Å². The van der Waals surface area contributed by atoms with Crippen molar-refractivity contribution in [2.45, 2.75) is 49.7 Å². The van der Waals surface area contributed by atoms with E-state index in [1.165, 1.54) is 29.8 Å². The Morgan fingerprint density at radius 2 is 2.00 bits per heavy atom. The summed E-state index contributed by atoms with van der Waals surface area (Å²) >= 11 is 0. The summed E-state index contributed by atoms with van der Waals surface area (Å²) in [4.78, 5) is 18.6. The number of hydrogen-bond acceptors (Lipinski definition) is 8. The van der Waals surface area contributed by atoms with Gasteiger partial charge in [0.1, 0.15) is 35.2 Å². The molecule has 2 aromatic heterocycles. The molecular formula is C34H32F2N6O2. The molecule has 0 amide bonds. The minimum absolute atomic E-state index is 0.0268. The fraction of sp³-hybridized carbons (Fsp3) is 0.382. The third-order valence-corrected chi connectivity index (χ3v) is 9.82. The van der Waals surface area contributed by atoms with E-state index in [4.69, 9.17) is 16.1 Å². The van der Waals surface area contributed by atoms with Crippen LogP contribution in [0.3, 0.4) is 0 Å². The molecule has 224 valence electrons. The highest BCUT2D eigenvalue weighted by atomic mass is 19.1. The average molecular weight is 595 g/mol. The van der Waals surface area contributed by atoms with Crippen LogP contribution in [0.15, 0.2) is 42.6 Å². The monoisotopic (exact) mass is 594 g/mol. The fourth-order valence-electron chi connectivity index (χ4n) is 7.88. The normalized spacial score (nSPS) is 24.8. The fourth-order valence-corrected chi connectivity index (χ4v) is 7.88. The number of phenolic OH excluding ortho intramolecular Hbond substituents is 1. The van der Waals surface area contributed by atoms with Crippen molar-refractivity contribution in [3.8, 4) is 35.4 Å². The summed E-state index contributed by atoms with van der Waals surface area (Å²) in [6, 6.07) is 6.31. The van der Waals surface area contributed by atoms with E-state index in [1.54, 1.807) is 6.20 Å². The van der Waals surface area contributed by atoms with Crippen molar-refractivity contribution in [1.82, 2.24) is 25.2 Å². The lowest BCUT2D eigenvalue weighted by Crippen LogP contribution is -2.51. The molecule has 4 aliphatic rings. The Hall–Kier alpha value is -4.33. The second-order valence-corrected chi connectivity index (χ2v) is 12.7. The SMILES string of the molecule is C#Cc1c(F)ccc2cc(O)cc(-c3ncc4c(N5C[C@H]6CC[C@@H](C5)N6)nc(OC[C@@]56CCCN5CC(=C)C6)nc4c3F)c12. The number of pyridine rings is 1. The number of aromatic hydroxyl groups is 1. The zero-order chi connectivity index (χ0) is 30.2. The van der Waals surface area contributed by atoms with Crippen LogP contribution in [0.5, 0.6) is 11.8 Å². The molecule has 44 heavy (non-hydrogen) atoms. The quantitative estimate of drug-likeness (QED) is 0.249. The first-order valence-corrected chi connectivity index (χ1v) is 15.2. The van der Waals surface area contributed by atoms with Crippen LogP contribution in [0, 0.1) is 24.0 Å². The van der Waals surface area contributed by atoms with E-state index in [9.17, 15) is 9.50 Å². The first-order chi connectivity index (χ1) is 21.3. The summed E-state index contributed by atoms with van der Waals surface area (Å²) in [7, 11) is 0. The summed E-state index contributed by atoms with van der Waals surface area (Å²) in [5.74, 6) is 1.51. The lowest BCUT2D eigenvalue weighted by Gasteiger charge is -2.34. The predicted molar refractivity (Wildman–Crippen MR) is 165 cm³/mol. The molecule has 2 bridgehead atoms. The van der Waals surface area contributed by atoms with E-state index < -0.39 is 11.6 Å². The molecule has 10 heteroatoms. The van der Waals surface area contributed by atoms with Gasteiger partial charge in [-0.3, -0.25) is 9.88 Å². The number of fused-ring (bicyclic) bond motifs is 5. The molecule has 0 saturated carbocycles. The molecule has 0 aliphatic carbocycles. The number of phenols is 1. The molecule has 8 rings (SSSR count). The summed E-state index contributed by atoms with van der Waals surface area (Å²) in [6.07, 6.45) is 12.3. The van der Waals surface area contributed by atoms with Crippen LogP contribution in [-0.2, 0) is 0 Å². The van der Waals surface area contributed by atoms with Gasteiger partial charge in [0.2, 0.25) is 0 Å². The second kappa shape index (κ2) is 10.1. The first-order valence-electron chi connectivity index (χ1n) is 15.2. The first kappa shape index (κ1) is 27.2. The molecule has 3 atom stereocenters. The van der Waals surface area contributed by atoms with Crippen LogP contribution >= 0.6 is 0 Å². The van der Waals surface area contributed by atoms with Crippen molar-refractivity contribution in [1.29, 1.82) is 0 Å². The van der Waals surface area contributed by atoms with Gasteiger partial charge in [0.15, 0.2) is 5.82 Å². The molecule has 8 nitrogen and oxygen atoms in total. The maximum Gasteiger partial charge on any atom is 0.319 e. The highest BCUT2D eigenvalue weighted by Gasteiger charge is 2.46. The number of halogens is 2. The Morgan fingerprint density at radius 3 is 2.80 bits per heavy atom. The Morgan fingerprint density at radius 1 is 1.18 bits per heavy atom. The molecule has 0 spiro atoms. The zero-order valence-electron chi connectivity index (χ0n) is 24.2. The minimum Gasteiger partial charge on any atom is -0.508 e. The number of piperazine rings is 1. The number of anilines is 1. The standard InChI is InChI=1S/C34H32F2N6O2/c1-3-24-27(35)8-5-20-11-23(43)12-25(28(20)24)30-29(36)31-26(14-37-30)32(41-16-21-6-7-22(17-41)38-21)40-33(39-31)44-18-34-9-4-10-42(34)15-19(2)13-34/h1,5,8,11-12,14,21-22,38,43H,2,4,6-7,9-10,13,15-18H2/t21-,22+,34-/m0/s1. The van der Waals surface area contributed by atoms with Gasteiger partial charge in [0.25, 0.3) is 0 Å². The van der Waals surface area contributed by atoms with Crippen LogP contribution < -0.4 is 15.0 Å². The van der Waals surface area contributed by atoms with Crippen LogP contribution in [-0.4, -0.2) is 75.4 Å². The van der Waals surface area contributed by atoms with Gasteiger partial charge in [-0.2, -0.15) is 9.97 Å². The summed E-state index contributed by atoms with van der Waals surface area (Å²) < 4.78 is 37.9. The van der Waals surface area contributed by atoms with Gasteiger partial charge in [-0.1, -0.05) is 24.1 Å². The van der Waals surface area contributed by atoms with Crippen LogP contribution in [0.4, 0.5) is 14.6 Å². The van der Waals surface area contributed by atoms with Crippen molar-refractivity contribution in [2.24, 2.45) is 0 Å². The van der Waals surface area contributed by atoms with E-state index >= 15 is 4.39 Å². The van der Waals surface area contributed by atoms with Crippen molar-refractivity contribution in [3.05, 3.63) is 59.8 Å².